The van der Waals surface area contributed by atoms with Crippen LogP contribution in [0.5, 0.6) is 0 Å². The third-order valence-corrected chi connectivity index (χ3v) is 5.10. The van der Waals surface area contributed by atoms with Gasteiger partial charge in [-0.1, -0.05) is 0 Å². The SMILES string of the molecule is C=CC(C)(C)C(C(=[Se])N1CCCC1)c1ccccc1. The number of hydrogen-bond acceptors (Lipinski definition) is 1. The maximum absolute atomic E-state index is 4.04. The van der Waals surface area contributed by atoms with Gasteiger partial charge in [-0.3, -0.25) is 0 Å². The van der Waals surface area contributed by atoms with E-state index in [0.717, 1.165) is 0 Å². The van der Waals surface area contributed by atoms with Crippen LogP contribution in [0.3, 0.4) is 0 Å². The van der Waals surface area contributed by atoms with E-state index >= 15 is 0 Å². The summed E-state index contributed by atoms with van der Waals surface area (Å²) in [5.74, 6) is 0.365. The molecule has 1 aliphatic rings. The van der Waals surface area contributed by atoms with Crippen molar-refractivity contribution in [3.63, 3.8) is 0 Å². The quantitative estimate of drug-likeness (QED) is 0.594. The Kier molecular flexibility index (Phi) is 4.65. The molecule has 1 fully saturated rings. The number of likely N-dealkylation sites (tertiary alicyclic amines) is 1. The molecule has 2 heteroatoms. The van der Waals surface area contributed by atoms with Crippen molar-refractivity contribution in [2.24, 2.45) is 5.41 Å². The monoisotopic (exact) mass is 321 g/mol. The number of nitrogens with zero attached hydrogens (tertiary/aromatic N) is 1. The van der Waals surface area contributed by atoms with Gasteiger partial charge in [-0.2, -0.15) is 0 Å². The molecule has 19 heavy (non-hydrogen) atoms. The average molecular weight is 320 g/mol. The third kappa shape index (κ3) is 3.19. The van der Waals surface area contributed by atoms with Gasteiger partial charge in [0.05, 0.1) is 0 Å². The van der Waals surface area contributed by atoms with E-state index in [1.807, 2.05) is 0 Å². The fourth-order valence-corrected chi connectivity index (χ4v) is 4.08. The molecule has 0 amide bonds. The molecule has 0 N–H and O–H groups in total. The fraction of sp³-hybridized carbons (Fsp3) is 0.471. The molecule has 0 saturated carbocycles. The Morgan fingerprint density at radius 2 is 1.84 bits per heavy atom. The second-order valence-corrected chi connectivity index (χ2v) is 6.78. The van der Waals surface area contributed by atoms with Gasteiger partial charge in [-0.15, -0.1) is 0 Å². The Balaban J connectivity index is 2.34. The standard InChI is InChI=1S/C17H23NSe/c1-4-17(2,3)15(14-10-6-5-7-11-14)16(19)18-12-8-9-13-18/h4-7,10-11,15H,1,8-9,12-13H2,2-3H3. The second-order valence-electron chi connectivity index (χ2n) is 5.90. The van der Waals surface area contributed by atoms with Crippen LogP contribution in [-0.4, -0.2) is 38.1 Å². The van der Waals surface area contributed by atoms with Crippen molar-refractivity contribution in [2.75, 3.05) is 13.1 Å². The summed E-state index contributed by atoms with van der Waals surface area (Å²) < 4.78 is 1.37. The van der Waals surface area contributed by atoms with Crippen LogP contribution >= 0.6 is 0 Å². The van der Waals surface area contributed by atoms with Crippen LogP contribution in [0.4, 0.5) is 0 Å². The van der Waals surface area contributed by atoms with Gasteiger partial charge in [0.25, 0.3) is 0 Å². The molecule has 1 nitrogen and oxygen atoms in total. The van der Waals surface area contributed by atoms with Crippen LogP contribution in [0.25, 0.3) is 0 Å². The fourth-order valence-electron chi connectivity index (χ4n) is 2.77. The van der Waals surface area contributed by atoms with Crippen LogP contribution in [-0.2, 0) is 0 Å². The molecule has 1 heterocycles. The van der Waals surface area contributed by atoms with Gasteiger partial charge in [0.15, 0.2) is 0 Å². The maximum atomic E-state index is 4.04. The van der Waals surface area contributed by atoms with Gasteiger partial charge >= 0.3 is 125 Å². The zero-order chi connectivity index (χ0) is 13.9. The summed E-state index contributed by atoms with van der Waals surface area (Å²) >= 11 is 3.35. The molecule has 1 aliphatic heterocycles. The number of benzene rings is 1. The van der Waals surface area contributed by atoms with Crippen LogP contribution in [0, 0.1) is 5.41 Å². The Morgan fingerprint density at radius 1 is 1.26 bits per heavy atom. The van der Waals surface area contributed by atoms with Gasteiger partial charge in [0.2, 0.25) is 0 Å². The molecule has 1 atom stereocenters. The summed E-state index contributed by atoms with van der Waals surface area (Å²) in [4.78, 5) is 2.50. The van der Waals surface area contributed by atoms with E-state index in [4.69, 9.17) is 0 Å². The van der Waals surface area contributed by atoms with Crippen molar-refractivity contribution in [3.8, 4) is 0 Å². The molecule has 1 unspecified atom stereocenters. The molecule has 0 spiro atoms. The Hall–Kier alpha value is -0.851. The second kappa shape index (κ2) is 6.07. The predicted molar refractivity (Wildman–Crippen MR) is 84.7 cm³/mol. The van der Waals surface area contributed by atoms with Crippen molar-refractivity contribution in [1.29, 1.82) is 0 Å². The number of hydrogen-bond donors (Lipinski definition) is 0. The molecule has 1 aromatic carbocycles. The van der Waals surface area contributed by atoms with Gasteiger partial charge < -0.3 is 0 Å². The summed E-state index contributed by atoms with van der Waals surface area (Å²) in [6.45, 7) is 10.9. The molecular weight excluding hydrogens is 297 g/mol. The van der Waals surface area contributed by atoms with Gasteiger partial charge in [0, 0.05) is 0 Å². The number of allylic oxidation sites excluding steroid dienone is 1. The zero-order valence-electron chi connectivity index (χ0n) is 11.9. The van der Waals surface area contributed by atoms with E-state index in [-0.39, 0.29) is 5.41 Å². The van der Waals surface area contributed by atoms with Gasteiger partial charge in [-0.05, 0) is 0 Å². The molecule has 0 aliphatic carbocycles. The van der Waals surface area contributed by atoms with E-state index < -0.39 is 0 Å². The summed E-state index contributed by atoms with van der Waals surface area (Å²) in [7, 11) is 0. The summed E-state index contributed by atoms with van der Waals surface area (Å²) in [6, 6.07) is 10.8. The van der Waals surface area contributed by atoms with Crippen LogP contribution in [0.2, 0.25) is 0 Å². The van der Waals surface area contributed by atoms with E-state index in [9.17, 15) is 0 Å². The Labute approximate surface area is 125 Å². The van der Waals surface area contributed by atoms with E-state index in [2.05, 4.69) is 77.3 Å². The topological polar surface area (TPSA) is 3.24 Å². The van der Waals surface area contributed by atoms with Gasteiger partial charge in [0.1, 0.15) is 0 Å². The molecule has 2 rings (SSSR count). The molecular formula is C17H23NSe. The van der Waals surface area contributed by atoms with Crippen LogP contribution < -0.4 is 0 Å². The first-order valence-corrected chi connectivity index (χ1v) is 7.89. The van der Waals surface area contributed by atoms with Crippen molar-refractivity contribution >= 4 is 20.1 Å². The minimum atomic E-state index is 0.0462. The summed E-state index contributed by atoms with van der Waals surface area (Å²) in [5.41, 5.74) is 1.41. The molecule has 0 aromatic heterocycles. The van der Waals surface area contributed by atoms with Crippen molar-refractivity contribution in [3.05, 3.63) is 48.6 Å². The first-order chi connectivity index (χ1) is 9.06. The zero-order valence-corrected chi connectivity index (χ0v) is 13.6. The predicted octanol–water partition coefficient (Wildman–Crippen LogP) is 3.38. The third-order valence-electron chi connectivity index (χ3n) is 4.07. The van der Waals surface area contributed by atoms with Gasteiger partial charge in [-0.25, -0.2) is 0 Å². The molecule has 0 bridgehead atoms. The Morgan fingerprint density at radius 3 is 2.37 bits per heavy atom. The molecule has 0 radical (unpaired) electrons. The first kappa shape index (κ1) is 14.6. The average Bonchev–Trinajstić information content (AvgIpc) is 2.94. The van der Waals surface area contributed by atoms with Crippen molar-refractivity contribution in [1.82, 2.24) is 4.90 Å². The van der Waals surface area contributed by atoms with E-state index in [1.54, 1.807) is 0 Å². The van der Waals surface area contributed by atoms with Crippen LogP contribution in [0.1, 0.15) is 38.2 Å². The first-order valence-electron chi connectivity index (χ1n) is 7.03. The molecule has 102 valence electrons. The molecule has 1 aromatic rings. The normalized spacial score (nSPS) is 17.3. The van der Waals surface area contributed by atoms with Crippen LogP contribution in [0.15, 0.2) is 43.0 Å². The van der Waals surface area contributed by atoms with E-state index in [1.165, 1.54) is 36.0 Å². The summed E-state index contributed by atoms with van der Waals surface area (Å²) in [5, 5.41) is 0. The van der Waals surface area contributed by atoms with Crippen molar-refractivity contribution < 1.29 is 0 Å². The molecule has 1 saturated heterocycles. The van der Waals surface area contributed by atoms with E-state index in [0.29, 0.717) is 5.92 Å². The minimum absolute atomic E-state index is 0.0462. The van der Waals surface area contributed by atoms with Crippen molar-refractivity contribution in [2.45, 2.75) is 32.6 Å². The Bertz CT molecular complexity index is 444. The summed E-state index contributed by atoms with van der Waals surface area (Å²) in [6.07, 6.45) is 4.69. The number of rotatable bonds is 5.